The highest BCUT2D eigenvalue weighted by atomic mass is 16.3. The van der Waals surface area contributed by atoms with E-state index in [4.69, 9.17) is 0 Å². The first-order valence-corrected chi connectivity index (χ1v) is 21.2. The summed E-state index contributed by atoms with van der Waals surface area (Å²) in [5, 5.41) is 22.9. The summed E-state index contributed by atoms with van der Waals surface area (Å²) in [7, 11) is 0. The lowest BCUT2D eigenvalue weighted by atomic mass is 10.1. The second kappa shape index (κ2) is 41.3. The van der Waals surface area contributed by atoms with E-state index in [1.807, 2.05) is 6.08 Å². The van der Waals surface area contributed by atoms with E-state index in [1.54, 1.807) is 6.08 Å². The van der Waals surface area contributed by atoms with Gasteiger partial charge in [0.1, 0.15) is 0 Å². The number of hydrogen-bond acceptors (Lipinski definition) is 3. The highest BCUT2D eigenvalue weighted by Crippen LogP contribution is 2.11. The molecule has 0 aromatic carbocycles. The molecule has 0 aliphatic carbocycles. The van der Waals surface area contributed by atoms with E-state index in [-0.39, 0.29) is 12.5 Å². The summed E-state index contributed by atoms with van der Waals surface area (Å²) in [5.74, 6) is -0.0936. The zero-order chi connectivity index (χ0) is 36.4. The van der Waals surface area contributed by atoms with Gasteiger partial charge in [-0.25, -0.2) is 0 Å². The van der Waals surface area contributed by atoms with Crippen molar-refractivity contribution in [3.8, 4) is 0 Å². The summed E-state index contributed by atoms with van der Waals surface area (Å²) in [6, 6.07) is -0.655. The molecule has 0 aliphatic rings. The van der Waals surface area contributed by atoms with E-state index < -0.39 is 12.1 Å². The van der Waals surface area contributed by atoms with Crippen LogP contribution in [-0.4, -0.2) is 34.9 Å². The van der Waals surface area contributed by atoms with E-state index in [1.165, 1.54) is 109 Å². The molecule has 50 heavy (non-hydrogen) atoms. The first-order chi connectivity index (χ1) is 24.7. The fourth-order valence-corrected chi connectivity index (χ4v) is 5.86. The molecule has 0 rings (SSSR count). The predicted molar refractivity (Wildman–Crippen MR) is 220 cm³/mol. The van der Waals surface area contributed by atoms with Crippen LogP contribution in [0.1, 0.15) is 194 Å². The van der Waals surface area contributed by atoms with Crippen molar-refractivity contribution in [3.63, 3.8) is 0 Å². The maximum absolute atomic E-state index is 12.4. The molecule has 4 heteroatoms. The van der Waals surface area contributed by atoms with Crippen LogP contribution in [0.4, 0.5) is 0 Å². The number of nitrogens with one attached hydrogen (secondary N) is 1. The van der Waals surface area contributed by atoms with Crippen LogP contribution >= 0.6 is 0 Å². The number of amides is 1. The Balaban J connectivity index is 3.72. The van der Waals surface area contributed by atoms with Gasteiger partial charge in [-0.3, -0.25) is 4.79 Å². The largest absolute Gasteiger partial charge is 0.394 e. The van der Waals surface area contributed by atoms with Crippen molar-refractivity contribution < 1.29 is 15.0 Å². The summed E-state index contributed by atoms with van der Waals surface area (Å²) < 4.78 is 0. The zero-order valence-electron chi connectivity index (χ0n) is 32.9. The minimum Gasteiger partial charge on any atom is -0.394 e. The molecule has 0 bridgehead atoms. The van der Waals surface area contributed by atoms with Crippen molar-refractivity contribution in [2.75, 3.05) is 6.61 Å². The first kappa shape index (κ1) is 47.8. The van der Waals surface area contributed by atoms with Crippen LogP contribution in [0, 0.1) is 0 Å². The van der Waals surface area contributed by atoms with Crippen LogP contribution in [0.5, 0.6) is 0 Å². The van der Waals surface area contributed by atoms with Crippen LogP contribution in [0.25, 0.3) is 0 Å². The highest BCUT2D eigenvalue weighted by molar-refractivity contribution is 5.76. The lowest BCUT2D eigenvalue weighted by Gasteiger charge is -2.19. The maximum atomic E-state index is 12.4. The number of aliphatic hydroxyl groups excluding tert-OH is 2. The topological polar surface area (TPSA) is 69.6 Å². The molecule has 0 saturated heterocycles. The predicted octanol–water partition coefficient (Wildman–Crippen LogP) is 13.1. The Morgan fingerprint density at radius 3 is 1.30 bits per heavy atom. The quantitative estimate of drug-likeness (QED) is 0.0447. The minimum absolute atomic E-state index is 0.0936. The molecule has 0 aliphatic heterocycles. The van der Waals surface area contributed by atoms with Crippen molar-refractivity contribution in [2.24, 2.45) is 0 Å². The van der Waals surface area contributed by atoms with Gasteiger partial charge in [0.2, 0.25) is 5.91 Å². The second-order valence-electron chi connectivity index (χ2n) is 14.0. The van der Waals surface area contributed by atoms with Gasteiger partial charge < -0.3 is 15.5 Å². The van der Waals surface area contributed by atoms with Gasteiger partial charge in [-0.2, -0.15) is 0 Å². The SMILES string of the molecule is CCCCCCC/C=C\C/C=C\C/C=C\CCCCCCCCC(=O)NC(CO)C(O)/C=C/CC/C=C/CC/C=C/CCCCCCCCC. The summed E-state index contributed by atoms with van der Waals surface area (Å²) in [4.78, 5) is 12.4. The van der Waals surface area contributed by atoms with Gasteiger partial charge in [-0.1, -0.05) is 177 Å². The highest BCUT2D eigenvalue weighted by Gasteiger charge is 2.17. The number of allylic oxidation sites excluding steroid dienone is 11. The number of aliphatic hydroxyl groups is 2. The molecule has 0 radical (unpaired) electrons. The lowest BCUT2D eigenvalue weighted by molar-refractivity contribution is -0.123. The Morgan fingerprint density at radius 2 is 0.840 bits per heavy atom. The van der Waals surface area contributed by atoms with Gasteiger partial charge in [0.25, 0.3) is 0 Å². The monoisotopic (exact) mass is 696 g/mol. The number of carbonyl (C=O) groups is 1. The molecule has 3 N–H and O–H groups in total. The van der Waals surface area contributed by atoms with E-state index >= 15 is 0 Å². The fourth-order valence-electron chi connectivity index (χ4n) is 5.86. The number of carbonyl (C=O) groups excluding carboxylic acids is 1. The Kier molecular flexibility index (Phi) is 39.5. The molecular weight excluding hydrogens is 615 g/mol. The third-order valence-corrected chi connectivity index (χ3v) is 9.14. The average molecular weight is 696 g/mol. The van der Waals surface area contributed by atoms with Crippen LogP contribution in [0.2, 0.25) is 0 Å². The Hall–Kier alpha value is -2.17. The van der Waals surface area contributed by atoms with Crippen molar-refractivity contribution in [3.05, 3.63) is 72.9 Å². The summed E-state index contributed by atoms with van der Waals surface area (Å²) in [5.41, 5.74) is 0. The van der Waals surface area contributed by atoms with Gasteiger partial charge in [0.15, 0.2) is 0 Å². The average Bonchev–Trinajstić information content (AvgIpc) is 3.12. The molecule has 0 aromatic heterocycles. The van der Waals surface area contributed by atoms with E-state index in [2.05, 4.69) is 79.9 Å². The molecule has 288 valence electrons. The normalized spacial score (nSPS) is 13.8. The standard InChI is InChI=1S/C46H81NO3/c1-3-5-7-9-11-13-15-17-19-21-22-23-24-26-28-30-32-34-36-38-40-42-46(50)47-44(43-48)45(49)41-39-37-35-33-31-29-27-25-20-18-16-14-12-10-8-6-4-2/h15,17,20-22,24-26,31,33,39,41,44-45,48-49H,3-14,16,18-19,23,27-30,32,34-38,40,42-43H2,1-2H3,(H,47,50)/b17-15-,22-21-,25-20+,26-24-,33-31+,41-39+. The van der Waals surface area contributed by atoms with Crippen molar-refractivity contribution in [1.29, 1.82) is 0 Å². The third-order valence-electron chi connectivity index (χ3n) is 9.14. The first-order valence-electron chi connectivity index (χ1n) is 21.2. The van der Waals surface area contributed by atoms with E-state index in [0.29, 0.717) is 6.42 Å². The fraction of sp³-hybridized carbons (Fsp3) is 0.717. The molecule has 0 spiro atoms. The molecule has 0 saturated carbocycles. The van der Waals surface area contributed by atoms with E-state index in [0.717, 1.165) is 64.2 Å². The number of rotatable bonds is 37. The minimum atomic E-state index is -0.878. The van der Waals surface area contributed by atoms with Gasteiger partial charge in [-0.05, 0) is 83.5 Å². The molecule has 4 nitrogen and oxygen atoms in total. The second-order valence-corrected chi connectivity index (χ2v) is 14.0. The Morgan fingerprint density at radius 1 is 0.480 bits per heavy atom. The van der Waals surface area contributed by atoms with Gasteiger partial charge in [0, 0.05) is 6.42 Å². The van der Waals surface area contributed by atoms with Crippen LogP contribution in [-0.2, 0) is 4.79 Å². The summed E-state index contributed by atoms with van der Waals surface area (Å²) in [6.45, 7) is 4.26. The Bertz CT molecular complexity index is 884. The van der Waals surface area contributed by atoms with Crippen molar-refractivity contribution in [1.82, 2.24) is 5.32 Å². The molecule has 0 fully saturated rings. The van der Waals surface area contributed by atoms with Crippen molar-refractivity contribution in [2.45, 2.75) is 206 Å². The maximum Gasteiger partial charge on any atom is 0.220 e. The third kappa shape index (κ3) is 37.1. The zero-order valence-corrected chi connectivity index (χ0v) is 32.9. The van der Waals surface area contributed by atoms with Crippen LogP contribution in [0.15, 0.2) is 72.9 Å². The number of unbranched alkanes of at least 4 members (excludes halogenated alkanes) is 20. The van der Waals surface area contributed by atoms with Crippen LogP contribution < -0.4 is 5.32 Å². The summed E-state index contributed by atoms with van der Waals surface area (Å²) >= 11 is 0. The number of hydrogen-bond donors (Lipinski definition) is 3. The van der Waals surface area contributed by atoms with Gasteiger partial charge in [-0.15, -0.1) is 0 Å². The van der Waals surface area contributed by atoms with Crippen molar-refractivity contribution >= 4 is 5.91 Å². The molecule has 2 unspecified atom stereocenters. The smallest absolute Gasteiger partial charge is 0.220 e. The van der Waals surface area contributed by atoms with Gasteiger partial charge in [0.05, 0.1) is 18.8 Å². The molecule has 2 atom stereocenters. The van der Waals surface area contributed by atoms with Crippen LogP contribution in [0.3, 0.4) is 0 Å². The lowest BCUT2D eigenvalue weighted by Crippen LogP contribution is -2.45. The molecule has 0 aromatic rings. The molecular formula is C46H81NO3. The molecule has 1 amide bonds. The van der Waals surface area contributed by atoms with Gasteiger partial charge >= 0.3 is 0 Å². The van der Waals surface area contributed by atoms with E-state index in [9.17, 15) is 15.0 Å². The Labute approximate surface area is 310 Å². The molecule has 0 heterocycles. The summed E-state index contributed by atoms with van der Waals surface area (Å²) in [6.07, 6.45) is 58.5.